The Kier molecular flexibility index (Phi) is 4.05. The molecule has 1 aliphatic carbocycles. The Labute approximate surface area is 128 Å². The van der Waals surface area contributed by atoms with Crippen LogP contribution in [0, 0.1) is 5.92 Å². The first kappa shape index (κ1) is 14.6. The van der Waals surface area contributed by atoms with E-state index in [0.717, 1.165) is 24.4 Å². The van der Waals surface area contributed by atoms with E-state index in [9.17, 15) is 0 Å². The van der Waals surface area contributed by atoms with E-state index in [-0.39, 0.29) is 5.41 Å². The quantitative estimate of drug-likeness (QED) is 0.744. The van der Waals surface area contributed by atoms with Crippen LogP contribution in [-0.4, -0.2) is 9.55 Å². The molecule has 0 N–H and O–H groups in total. The van der Waals surface area contributed by atoms with Gasteiger partial charge in [0.15, 0.2) is 0 Å². The number of imidazole rings is 1. The van der Waals surface area contributed by atoms with Gasteiger partial charge in [-0.25, -0.2) is 4.98 Å². The summed E-state index contributed by atoms with van der Waals surface area (Å²) < 4.78 is 2.52. The van der Waals surface area contributed by atoms with E-state index in [0.29, 0.717) is 0 Å². The predicted octanol–water partition coefficient (Wildman–Crippen LogP) is 5.30. The van der Waals surface area contributed by atoms with Gasteiger partial charge in [0.1, 0.15) is 5.82 Å². The summed E-state index contributed by atoms with van der Waals surface area (Å²) in [6.45, 7) is 8.07. The zero-order chi connectivity index (χ0) is 14.9. The lowest BCUT2D eigenvalue weighted by atomic mass is 9.87. The molecule has 114 valence electrons. The summed E-state index contributed by atoms with van der Waals surface area (Å²) in [6.07, 6.45) is 8.14. The zero-order valence-corrected chi connectivity index (χ0v) is 13.7. The lowest BCUT2D eigenvalue weighted by Gasteiger charge is -2.27. The molecule has 2 aromatic rings. The summed E-state index contributed by atoms with van der Waals surface area (Å²) in [5.74, 6) is 2.11. The predicted molar refractivity (Wildman–Crippen MR) is 89.6 cm³/mol. The topological polar surface area (TPSA) is 17.8 Å². The molecule has 1 heterocycles. The average Bonchev–Trinajstić information content (AvgIpc) is 2.88. The van der Waals surface area contributed by atoms with E-state index in [1.54, 1.807) is 0 Å². The van der Waals surface area contributed by atoms with Gasteiger partial charge in [0.2, 0.25) is 0 Å². The number of para-hydroxylation sites is 2. The van der Waals surface area contributed by atoms with Gasteiger partial charge >= 0.3 is 0 Å². The highest BCUT2D eigenvalue weighted by Crippen LogP contribution is 2.32. The highest BCUT2D eigenvalue weighted by molar-refractivity contribution is 5.76. The van der Waals surface area contributed by atoms with Gasteiger partial charge in [-0.15, -0.1) is 0 Å². The number of hydrogen-bond donors (Lipinski definition) is 0. The van der Waals surface area contributed by atoms with Gasteiger partial charge < -0.3 is 4.57 Å². The molecule has 1 fully saturated rings. The van der Waals surface area contributed by atoms with Gasteiger partial charge in [-0.1, -0.05) is 52.2 Å². The van der Waals surface area contributed by atoms with Crippen LogP contribution in [0.25, 0.3) is 11.0 Å². The second-order valence-corrected chi connectivity index (χ2v) is 7.28. The fourth-order valence-corrected chi connectivity index (χ4v) is 3.56. The van der Waals surface area contributed by atoms with Crippen molar-refractivity contribution in [3.63, 3.8) is 0 Å². The standard InChI is InChI=1S/C19H28N2/c1-4-19(2,3)18-20-16-12-8-9-13-17(16)21(18)14-15-10-6-5-7-11-15/h8-9,12-13,15H,4-7,10-11,14H2,1-3H3. The van der Waals surface area contributed by atoms with Gasteiger partial charge in [0.05, 0.1) is 11.0 Å². The van der Waals surface area contributed by atoms with Crippen LogP contribution in [0.1, 0.15) is 65.1 Å². The summed E-state index contributed by atoms with van der Waals surface area (Å²) in [5.41, 5.74) is 2.62. The van der Waals surface area contributed by atoms with Crippen LogP contribution in [0.15, 0.2) is 24.3 Å². The van der Waals surface area contributed by atoms with Crippen molar-refractivity contribution in [3.05, 3.63) is 30.1 Å². The Hall–Kier alpha value is -1.31. The van der Waals surface area contributed by atoms with Crippen molar-refractivity contribution in [2.45, 2.75) is 71.3 Å². The first-order valence-corrected chi connectivity index (χ1v) is 8.57. The molecule has 0 saturated heterocycles. The minimum absolute atomic E-state index is 0.147. The van der Waals surface area contributed by atoms with Crippen molar-refractivity contribution in [3.8, 4) is 0 Å². The Balaban J connectivity index is 2.02. The number of fused-ring (bicyclic) bond motifs is 1. The molecule has 0 aliphatic heterocycles. The molecular weight excluding hydrogens is 256 g/mol. The first-order valence-electron chi connectivity index (χ1n) is 8.57. The van der Waals surface area contributed by atoms with Gasteiger partial charge in [0, 0.05) is 12.0 Å². The average molecular weight is 284 g/mol. The van der Waals surface area contributed by atoms with Crippen LogP contribution in [0.4, 0.5) is 0 Å². The zero-order valence-electron chi connectivity index (χ0n) is 13.7. The molecule has 0 spiro atoms. The fraction of sp³-hybridized carbons (Fsp3) is 0.632. The molecule has 2 nitrogen and oxygen atoms in total. The summed E-state index contributed by atoms with van der Waals surface area (Å²) in [5, 5.41) is 0. The maximum atomic E-state index is 4.98. The van der Waals surface area contributed by atoms with Crippen molar-refractivity contribution >= 4 is 11.0 Å². The van der Waals surface area contributed by atoms with Crippen LogP contribution < -0.4 is 0 Å². The Morgan fingerprint density at radius 2 is 1.86 bits per heavy atom. The Morgan fingerprint density at radius 3 is 2.57 bits per heavy atom. The van der Waals surface area contributed by atoms with E-state index in [2.05, 4.69) is 49.6 Å². The van der Waals surface area contributed by atoms with Gasteiger partial charge in [-0.3, -0.25) is 0 Å². The van der Waals surface area contributed by atoms with E-state index in [1.807, 2.05) is 0 Å². The monoisotopic (exact) mass is 284 g/mol. The largest absolute Gasteiger partial charge is 0.327 e. The van der Waals surface area contributed by atoms with Crippen molar-refractivity contribution in [2.75, 3.05) is 0 Å². The first-order chi connectivity index (χ1) is 10.1. The summed E-state index contributed by atoms with van der Waals surface area (Å²) >= 11 is 0. The minimum Gasteiger partial charge on any atom is -0.327 e. The second kappa shape index (κ2) is 5.82. The summed E-state index contributed by atoms with van der Waals surface area (Å²) in [6, 6.07) is 8.63. The van der Waals surface area contributed by atoms with Crippen molar-refractivity contribution < 1.29 is 0 Å². The number of rotatable bonds is 4. The highest BCUT2D eigenvalue weighted by Gasteiger charge is 2.27. The second-order valence-electron chi connectivity index (χ2n) is 7.28. The van der Waals surface area contributed by atoms with Crippen LogP contribution in [0.2, 0.25) is 0 Å². The van der Waals surface area contributed by atoms with Gasteiger partial charge in [0.25, 0.3) is 0 Å². The Morgan fingerprint density at radius 1 is 1.14 bits per heavy atom. The maximum Gasteiger partial charge on any atom is 0.115 e. The number of benzene rings is 1. The summed E-state index contributed by atoms with van der Waals surface area (Å²) in [4.78, 5) is 4.98. The van der Waals surface area contributed by atoms with Crippen LogP contribution in [-0.2, 0) is 12.0 Å². The van der Waals surface area contributed by atoms with Crippen LogP contribution in [0.3, 0.4) is 0 Å². The third-order valence-corrected chi connectivity index (χ3v) is 5.31. The molecule has 0 atom stereocenters. The molecule has 0 radical (unpaired) electrons. The molecule has 3 rings (SSSR count). The molecular formula is C19H28N2. The normalized spacial score (nSPS) is 17.5. The smallest absolute Gasteiger partial charge is 0.115 e. The molecule has 2 heteroatoms. The number of nitrogens with zero attached hydrogens (tertiary/aromatic N) is 2. The molecule has 1 saturated carbocycles. The molecule has 0 bridgehead atoms. The SMILES string of the molecule is CCC(C)(C)c1nc2ccccc2n1CC1CCCCC1. The van der Waals surface area contributed by atoms with E-state index in [1.165, 1.54) is 43.4 Å². The molecule has 1 aliphatic rings. The number of aromatic nitrogens is 2. The van der Waals surface area contributed by atoms with E-state index in [4.69, 9.17) is 4.98 Å². The van der Waals surface area contributed by atoms with Gasteiger partial charge in [-0.2, -0.15) is 0 Å². The molecule has 21 heavy (non-hydrogen) atoms. The van der Waals surface area contributed by atoms with Crippen molar-refractivity contribution in [2.24, 2.45) is 5.92 Å². The minimum atomic E-state index is 0.147. The maximum absolute atomic E-state index is 4.98. The lowest BCUT2D eigenvalue weighted by Crippen LogP contribution is -2.24. The number of hydrogen-bond acceptors (Lipinski definition) is 1. The lowest BCUT2D eigenvalue weighted by molar-refractivity contribution is 0.310. The molecule has 1 aromatic carbocycles. The highest BCUT2D eigenvalue weighted by atomic mass is 15.1. The summed E-state index contributed by atoms with van der Waals surface area (Å²) in [7, 11) is 0. The van der Waals surface area contributed by atoms with Crippen LogP contribution >= 0.6 is 0 Å². The van der Waals surface area contributed by atoms with E-state index >= 15 is 0 Å². The molecule has 0 unspecified atom stereocenters. The molecule has 1 aromatic heterocycles. The van der Waals surface area contributed by atoms with Crippen LogP contribution in [0.5, 0.6) is 0 Å². The fourth-order valence-electron chi connectivity index (χ4n) is 3.56. The van der Waals surface area contributed by atoms with Gasteiger partial charge in [-0.05, 0) is 37.3 Å². The third kappa shape index (κ3) is 2.86. The molecule has 0 amide bonds. The van der Waals surface area contributed by atoms with E-state index < -0.39 is 0 Å². The van der Waals surface area contributed by atoms with Crippen molar-refractivity contribution in [1.29, 1.82) is 0 Å². The van der Waals surface area contributed by atoms with Crippen molar-refractivity contribution in [1.82, 2.24) is 9.55 Å². The third-order valence-electron chi connectivity index (χ3n) is 5.31. The Bertz CT molecular complexity index is 603.